The Morgan fingerprint density at radius 3 is 2.72 bits per heavy atom. The van der Waals surface area contributed by atoms with E-state index in [4.69, 9.17) is 32.4 Å². The molecule has 164 valence electrons. The van der Waals surface area contributed by atoms with Crippen LogP contribution in [-0.2, 0) is 6.61 Å². The van der Waals surface area contributed by atoms with Crippen molar-refractivity contribution in [1.82, 2.24) is 25.0 Å². The summed E-state index contributed by atoms with van der Waals surface area (Å²) in [6.45, 7) is 2.30. The van der Waals surface area contributed by atoms with Crippen LogP contribution < -0.4 is 4.74 Å². The number of aromatic nitrogens is 5. The second-order valence-electron chi connectivity index (χ2n) is 7.43. The SMILES string of the molecule is CC(Sc1nnc(COc2ccccc2Cl)n1C1CC1)c1nnc(-c2cccc(Cl)c2)o1. The molecule has 32 heavy (non-hydrogen) atoms. The molecule has 0 N–H and O–H groups in total. The number of rotatable bonds is 8. The summed E-state index contributed by atoms with van der Waals surface area (Å²) in [5.74, 6) is 2.35. The number of benzene rings is 2. The summed E-state index contributed by atoms with van der Waals surface area (Å²) in [6, 6.07) is 15.1. The molecule has 1 atom stereocenters. The van der Waals surface area contributed by atoms with Crippen LogP contribution in [-0.4, -0.2) is 25.0 Å². The molecule has 0 aliphatic heterocycles. The molecule has 0 amide bonds. The van der Waals surface area contributed by atoms with Crippen molar-refractivity contribution in [3.05, 3.63) is 70.3 Å². The molecule has 5 rings (SSSR count). The zero-order chi connectivity index (χ0) is 22.1. The van der Waals surface area contributed by atoms with E-state index < -0.39 is 0 Å². The second-order valence-corrected chi connectivity index (χ2v) is 9.59. The summed E-state index contributed by atoms with van der Waals surface area (Å²) in [4.78, 5) is 0. The zero-order valence-corrected chi connectivity index (χ0v) is 19.4. The number of nitrogens with zero attached hydrogens (tertiary/aromatic N) is 5. The number of hydrogen-bond acceptors (Lipinski definition) is 7. The van der Waals surface area contributed by atoms with Gasteiger partial charge in [0.15, 0.2) is 11.0 Å². The van der Waals surface area contributed by atoms with Crippen LogP contribution in [0, 0.1) is 0 Å². The van der Waals surface area contributed by atoms with Gasteiger partial charge in [-0.05, 0) is 50.1 Å². The Labute approximate surface area is 199 Å². The van der Waals surface area contributed by atoms with E-state index >= 15 is 0 Å². The van der Waals surface area contributed by atoms with E-state index in [0.717, 1.165) is 29.4 Å². The lowest BCUT2D eigenvalue weighted by Gasteiger charge is -2.12. The van der Waals surface area contributed by atoms with Crippen molar-refractivity contribution < 1.29 is 9.15 Å². The van der Waals surface area contributed by atoms with Gasteiger partial charge in [-0.15, -0.1) is 20.4 Å². The largest absolute Gasteiger partial charge is 0.484 e. The molecular formula is C22H19Cl2N5O2S. The van der Waals surface area contributed by atoms with E-state index in [-0.39, 0.29) is 5.25 Å². The van der Waals surface area contributed by atoms with Crippen LogP contribution in [0.15, 0.2) is 58.1 Å². The highest BCUT2D eigenvalue weighted by Crippen LogP contribution is 2.42. The van der Waals surface area contributed by atoms with Crippen molar-refractivity contribution in [3.8, 4) is 17.2 Å². The standard InChI is InChI=1S/C22H19Cl2N5O2S/c1-13(20-26-27-21(31-20)14-5-4-6-15(23)11-14)32-22-28-25-19(29(22)16-9-10-16)12-30-18-8-3-2-7-17(18)24/h2-8,11,13,16H,9-10,12H2,1H3. The quantitative estimate of drug-likeness (QED) is 0.266. The van der Waals surface area contributed by atoms with Gasteiger partial charge in [0.05, 0.1) is 10.3 Å². The highest BCUT2D eigenvalue weighted by Gasteiger charge is 2.31. The molecule has 1 saturated carbocycles. The molecule has 10 heteroatoms. The van der Waals surface area contributed by atoms with Gasteiger partial charge in [-0.25, -0.2) is 0 Å². The molecule has 0 bridgehead atoms. The molecule has 2 aromatic carbocycles. The average Bonchev–Trinajstić information content (AvgIpc) is 3.35. The predicted molar refractivity (Wildman–Crippen MR) is 123 cm³/mol. The smallest absolute Gasteiger partial charge is 0.247 e. The lowest BCUT2D eigenvalue weighted by atomic mass is 10.2. The maximum Gasteiger partial charge on any atom is 0.247 e. The number of ether oxygens (including phenoxy) is 1. The van der Waals surface area contributed by atoms with Crippen molar-refractivity contribution in [3.63, 3.8) is 0 Å². The van der Waals surface area contributed by atoms with Crippen molar-refractivity contribution in [2.75, 3.05) is 0 Å². The Morgan fingerprint density at radius 1 is 1.09 bits per heavy atom. The third kappa shape index (κ3) is 4.62. The van der Waals surface area contributed by atoms with Gasteiger partial charge in [0, 0.05) is 16.6 Å². The summed E-state index contributed by atoms with van der Waals surface area (Å²) in [5.41, 5.74) is 0.786. The molecular weight excluding hydrogens is 469 g/mol. The van der Waals surface area contributed by atoms with E-state index in [1.807, 2.05) is 37.3 Å². The normalized spacial score (nSPS) is 14.5. The molecule has 2 heterocycles. The van der Waals surface area contributed by atoms with Gasteiger partial charge >= 0.3 is 0 Å². The minimum atomic E-state index is -0.102. The van der Waals surface area contributed by atoms with Crippen molar-refractivity contribution in [2.45, 2.75) is 42.8 Å². The third-order valence-corrected chi connectivity index (χ3v) is 6.57. The molecule has 1 aliphatic rings. The first-order chi connectivity index (χ1) is 15.6. The van der Waals surface area contributed by atoms with Gasteiger partial charge in [-0.3, -0.25) is 4.57 Å². The van der Waals surface area contributed by atoms with Crippen molar-refractivity contribution in [1.29, 1.82) is 0 Å². The van der Waals surface area contributed by atoms with Gasteiger partial charge in [-0.2, -0.15) is 0 Å². The summed E-state index contributed by atoms with van der Waals surface area (Å²) < 4.78 is 13.9. The van der Waals surface area contributed by atoms with Crippen LogP contribution in [0.4, 0.5) is 0 Å². The highest BCUT2D eigenvalue weighted by molar-refractivity contribution is 7.99. The van der Waals surface area contributed by atoms with Gasteiger partial charge in [0.25, 0.3) is 0 Å². The third-order valence-electron chi connectivity index (χ3n) is 4.98. The Morgan fingerprint density at radius 2 is 1.94 bits per heavy atom. The average molecular weight is 488 g/mol. The lowest BCUT2D eigenvalue weighted by Crippen LogP contribution is -2.07. The van der Waals surface area contributed by atoms with Crippen LogP contribution in [0.2, 0.25) is 10.0 Å². The minimum Gasteiger partial charge on any atom is -0.484 e. The molecule has 0 radical (unpaired) electrons. The fourth-order valence-corrected chi connectivity index (χ4v) is 4.58. The van der Waals surface area contributed by atoms with Crippen LogP contribution in [0.3, 0.4) is 0 Å². The van der Waals surface area contributed by atoms with E-state index in [9.17, 15) is 0 Å². The first kappa shape index (κ1) is 21.3. The van der Waals surface area contributed by atoms with Gasteiger partial charge in [-0.1, -0.05) is 53.2 Å². The Kier molecular flexibility index (Phi) is 6.08. The molecule has 7 nitrogen and oxygen atoms in total. The first-order valence-electron chi connectivity index (χ1n) is 10.2. The van der Waals surface area contributed by atoms with E-state index in [2.05, 4.69) is 25.0 Å². The Hall–Kier alpha value is -2.55. The number of para-hydroxylation sites is 1. The Balaban J connectivity index is 1.32. The van der Waals surface area contributed by atoms with E-state index in [1.165, 1.54) is 11.8 Å². The maximum absolute atomic E-state index is 6.20. The van der Waals surface area contributed by atoms with Crippen molar-refractivity contribution >= 4 is 35.0 Å². The molecule has 1 unspecified atom stereocenters. The first-order valence-corrected chi connectivity index (χ1v) is 11.8. The molecule has 1 fully saturated rings. The summed E-state index contributed by atoms with van der Waals surface area (Å²) >= 11 is 13.8. The summed E-state index contributed by atoms with van der Waals surface area (Å²) in [5, 5.41) is 19.1. The molecule has 0 saturated heterocycles. The highest BCUT2D eigenvalue weighted by atomic mass is 35.5. The van der Waals surface area contributed by atoms with Gasteiger partial charge < -0.3 is 9.15 Å². The summed E-state index contributed by atoms with van der Waals surface area (Å²) in [7, 11) is 0. The van der Waals surface area contributed by atoms with E-state index in [0.29, 0.717) is 40.2 Å². The minimum absolute atomic E-state index is 0.102. The van der Waals surface area contributed by atoms with Gasteiger partial charge in [0.1, 0.15) is 12.4 Å². The fraction of sp³-hybridized carbons (Fsp3) is 0.273. The predicted octanol–water partition coefficient (Wildman–Crippen LogP) is 6.40. The fourth-order valence-electron chi connectivity index (χ4n) is 3.24. The summed E-state index contributed by atoms with van der Waals surface area (Å²) in [6.07, 6.45) is 2.19. The monoisotopic (exact) mass is 487 g/mol. The Bertz CT molecular complexity index is 1240. The van der Waals surface area contributed by atoms with E-state index in [1.54, 1.807) is 18.2 Å². The maximum atomic E-state index is 6.20. The van der Waals surface area contributed by atoms with Crippen LogP contribution in [0.1, 0.15) is 42.8 Å². The van der Waals surface area contributed by atoms with Crippen LogP contribution in [0.5, 0.6) is 5.75 Å². The number of halogens is 2. The van der Waals surface area contributed by atoms with Crippen molar-refractivity contribution in [2.24, 2.45) is 0 Å². The topological polar surface area (TPSA) is 78.9 Å². The second kappa shape index (κ2) is 9.13. The van der Waals surface area contributed by atoms with Crippen LogP contribution >= 0.6 is 35.0 Å². The molecule has 4 aromatic rings. The molecule has 0 spiro atoms. The number of hydrogen-bond donors (Lipinski definition) is 0. The zero-order valence-electron chi connectivity index (χ0n) is 17.1. The lowest BCUT2D eigenvalue weighted by molar-refractivity contribution is 0.288. The van der Waals surface area contributed by atoms with Gasteiger partial charge in [0.2, 0.25) is 11.8 Å². The molecule has 2 aromatic heterocycles. The van der Waals surface area contributed by atoms with Crippen LogP contribution in [0.25, 0.3) is 11.5 Å². The molecule has 1 aliphatic carbocycles. The number of thioether (sulfide) groups is 1.